The van der Waals surface area contributed by atoms with E-state index in [4.69, 9.17) is 0 Å². The van der Waals surface area contributed by atoms with Gasteiger partial charge in [0.25, 0.3) is 5.91 Å². The summed E-state index contributed by atoms with van der Waals surface area (Å²) in [6, 6.07) is 0. The van der Waals surface area contributed by atoms with Gasteiger partial charge in [-0.25, -0.2) is 0 Å². The molecule has 1 amide bonds. The minimum atomic E-state index is -1.06. The Morgan fingerprint density at radius 2 is 1.91 bits per heavy atom. The number of amides is 1. The van der Waals surface area contributed by atoms with Crippen molar-refractivity contribution < 1.29 is 9.90 Å². The van der Waals surface area contributed by atoms with E-state index in [9.17, 15) is 9.90 Å². The first-order valence-corrected chi connectivity index (χ1v) is 4.13. The Morgan fingerprint density at radius 3 is 2.36 bits per heavy atom. The molecular formula is C8H15NO2. The van der Waals surface area contributed by atoms with Gasteiger partial charge in [0.15, 0.2) is 0 Å². The first-order valence-electron chi connectivity index (χ1n) is 4.13. The van der Waals surface area contributed by atoms with E-state index in [0.717, 1.165) is 19.3 Å². The summed E-state index contributed by atoms with van der Waals surface area (Å²) in [6.45, 7) is 0. The highest BCUT2D eigenvalue weighted by atomic mass is 16.3. The van der Waals surface area contributed by atoms with E-state index in [0.29, 0.717) is 12.8 Å². The van der Waals surface area contributed by atoms with Crippen LogP contribution in [0.25, 0.3) is 0 Å². The number of hydrogen-bond acceptors (Lipinski definition) is 2. The van der Waals surface area contributed by atoms with E-state index >= 15 is 0 Å². The molecule has 0 bridgehead atoms. The van der Waals surface area contributed by atoms with Crippen LogP contribution in [0.4, 0.5) is 0 Å². The Morgan fingerprint density at radius 1 is 1.36 bits per heavy atom. The van der Waals surface area contributed by atoms with Crippen molar-refractivity contribution in [3.05, 3.63) is 0 Å². The summed E-state index contributed by atoms with van der Waals surface area (Å²) in [6.07, 6.45) is 4.30. The average molecular weight is 157 g/mol. The van der Waals surface area contributed by atoms with Gasteiger partial charge in [0, 0.05) is 7.05 Å². The Kier molecular flexibility index (Phi) is 2.49. The van der Waals surface area contributed by atoms with E-state index in [-0.39, 0.29) is 5.91 Å². The molecule has 0 aliphatic heterocycles. The molecule has 0 radical (unpaired) electrons. The Balaban J connectivity index is 2.56. The standard InChI is InChI=1S/C8H15NO2/c1-9-7(10)8(11)5-3-2-4-6-8/h11H,2-6H2,1H3,(H,9,10). The molecule has 11 heavy (non-hydrogen) atoms. The van der Waals surface area contributed by atoms with Crippen molar-refractivity contribution >= 4 is 5.91 Å². The lowest BCUT2D eigenvalue weighted by Gasteiger charge is -2.29. The largest absolute Gasteiger partial charge is 0.380 e. The molecule has 0 aromatic rings. The van der Waals surface area contributed by atoms with Gasteiger partial charge in [0.1, 0.15) is 5.60 Å². The highest BCUT2D eigenvalue weighted by molar-refractivity contribution is 5.84. The van der Waals surface area contributed by atoms with E-state index in [2.05, 4.69) is 5.32 Å². The van der Waals surface area contributed by atoms with Gasteiger partial charge in [-0.2, -0.15) is 0 Å². The van der Waals surface area contributed by atoms with Crippen LogP contribution in [-0.2, 0) is 4.79 Å². The average Bonchev–Trinajstić information content (AvgIpc) is 2.04. The Labute approximate surface area is 66.8 Å². The summed E-state index contributed by atoms with van der Waals surface area (Å²) in [5.74, 6) is -0.225. The molecule has 1 aliphatic carbocycles. The number of carbonyl (C=O) groups is 1. The second-order valence-corrected chi connectivity index (χ2v) is 3.17. The van der Waals surface area contributed by atoms with Crippen molar-refractivity contribution in [3.8, 4) is 0 Å². The van der Waals surface area contributed by atoms with Gasteiger partial charge in [-0.3, -0.25) is 4.79 Å². The van der Waals surface area contributed by atoms with Crippen molar-refractivity contribution in [1.29, 1.82) is 0 Å². The molecule has 64 valence electrons. The first-order chi connectivity index (χ1) is 5.19. The Bertz CT molecular complexity index is 150. The lowest BCUT2D eigenvalue weighted by Crippen LogP contribution is -2.46. The minimum Gasteiger partial charge on any atom is -0.380 e. The van der Waals surface area contributed by atoms with Crippen LogP contribution < -0.4 is 5.32 Å². The van der Waals surface area contributed by atoms with Crippen LogP contribution in [0.1, 0.15) is 32.1 Å². The molecule has 1 rings (SSSR count). The third kappa shape index (κ3) is 1.71. The normalized spacial score (nSPS) is 22.7. The molecule has 0 atom stereocenters. The van der Waals surface area contributed by atoms with Gasteiger partial charge < -0.3 is 10.4 Å². The monoisotopic (exact) mass is 157 g/mol. The first kappa shape index (κ1) is 8.53. The summed E-state index contributed by atoms with van der Waals surface area (Å²) in [5, 5.41) is 12.2. The molecule has 2 N–H and O–H groups in total. The fourth-order valence-electron chi connectivity index (χ4n) is 1.60. The van der Waals surface area contributed by atoms with Gasteiger partial charge in [-0.05, 0) is 12.8 Å². The van der Waals surface area contributed by atoms with Crippen LogP contribution in [-0.4, -0.2) is 23.7 Å². The van der Waals surface area contributed by atoms with Crippen molar-refractivity contribution in [3.63, 3.8) is 0 Å². The van der Waals surface area contributed by atoms with E-state index in [1.807, 2.05) is 0 Å². The molecule has 1 saturated carbocycles. The van der Waals surface area contributed by atoms with E-state index < -0.39 is 5.60 Å². The summed E-state index contributed by atoms with van der Waals surface area (Å²) < 4.78 is 0. The summed E-state index contributed by atoms with van der Waals surface area (Å²) >= 11 is 0. The molecule has 3 nitrogen and oxygen atoms in total. The van der Waals surface area contributed by atoms with Crippen molar-refractivity contribution in [2.45, 2.75) is 37.7 Å². The van der Waals surface area contributed by atoms with Gasteiger partial charge in [0.05, 0.1) is 0 Å². The number of rotatable bonds is 1. The predicted octanol–water partition coefficient (Wildman–Crippen LogP) is 0.428. The molecule has 0 aromatic carbocycles. The van der Waals surface area contributed by atoms with Crippen molar-refractivity contribution in [1.82, 2.24) is 5.32 Å². The zero-order chi connectivity index (χ0) is 8.32. The van der Waals surface area contributed by atoms with Crippen LogP contribution >= 0.6 is 0 Å². The smallest absolute Gasteiger partial charge is 0.251 e. The van der Waals surface area contributed by atoms with Gasteiger partial charge in [-0.15, -0.1) is 0 Å². The minimum absolute atomic E-state index is 0.225. The fourth-order valence-corrected chi connectivity index (χ4v) is 1.60. The molecule has 0 spiro atoms. The summed E-state index contributed by atoms with van der Waals surface area (Å²) in [5.41, 5.74) is -1.06. The molecule has 0 saturated heterocycles. The zero-order valence-corrected chi connectivity index (χ0v) is 6.89. The Hall–Kier alpha value is -0.570. The quantitative estimate of drug-likeness (QED) is 0.580. The molecule has 0 unspecified atom stereocenters. The number of aliphatic hydroxyl groups is 1. The fraction of sp³-hybridized carbons (Fsp3) is 0.875. The SMILES string of the molecule is CNC(=O)C1(O)CCCCC1. The maximum Gasteiger partial charge on any atom is 0.251 e. The topological polar surface area (TPSA) is 49.3 Å². The van der Waals surface area contributed by atoms with E-state index in [1.165, 1.54) is 0 Å². The van der Waals surface area contributed by atoms with Crippen LogP contribution in [0, 0.1) is 0 Å². The molecule has 0 aromatic heterocycles. The molecule has 0 heterocycles. The van der Waals surface area contributed by atoms with Gasteiger partial charge in [0.2, 0.25) is 0 Å². The lowest BCUT2D eigenvalue weighted by molar-refractivity contribution is -0.142. The van der Waals surface area contributed by atoms with Crippen molar-refractivity contribution in [2.24, 2.45) is 0 Å². The molecular weight excluding hydrogens is 142 g/mol. The maximum absolute atomic E-state index is 11.1. The van der Waals surface area contributed by atoms with Crippen LogP contribution in [0.15, 0.2) is 0 Å². The highest BCUT2D eigenvalue weighted by Crippen LogP contribution is 2.27. The molecule has 1 aliphatic rings. The number of likely N-dealkylation sites (N-methyl/N-ethyl adjacent to an activating group) is 1. The third-order valence-corrected chi connectivity index (χ3v) is 2.33. The summed E-state index contributed by atoms with van der Waals surface area (Å²) in [7, 11) is 1.56. The molecule has 1 fully saturated rings. The van der Waals surface area contributed by atoms with Crippen molar-refractivity contribution in [2.75, 3.05) is 7.05 Å². The number of carbonyl (C=O) groups excluding carboxylic acids is 1. The van der Waals surface area contributed by atoms with Crippen LogP contribution in [0.5, 0.6) is 0 Å². The third-order valence-electron chi connectivity index (χ3n) is 2.33. The predicted molar refractivity (Wildman–Crippen MR) is 42.1 cm³/mol. The van der Waals surface area contributed by atoms with Gasteiger partial charge in [-0.1, -0.05) is 19.3 Å². The second-order valence-electron chi connectivity index (χ2n) is 3.17. The van der Waals surface area contributed by atoms with Crippen LogP contribution in [0.2, 0.25) is 0 Å². The number of nitrogens with one attached hydrogen (secondary N) is 1. The summed E-state index contributed by atoms with van der Waals surface area (Å²) in [4.78, 5) is 11.1. The van der Waals surface area contributed by atoms with E-state index in [1.54, 1.807) is 7.05 Å². The zero-order valence-electron chi connectivity index (χ0n) is 6.89. The maximum atomic E-state index is 11.1. The van der Waals surface area contributed by atoms with Crippen LogP contribution in [0.3, 0.4) is 0 Å². The second kappa shape index (κ2) is 3.22. The number of hydrogen-bond donors (Lipinski definition) is 2. The lowest BCUT2D eigenvalue weighted by atomic mass is 9.84. The molecule has 3 heteroatoms. The highest BCUT2D eigenvalue weighted by Gasteiger charge is 2.35. The van der Waals surface area contributed by atoms with Gasteiger partial charge >= 0.3 is 0 Å².